The van der Waals surface area contributed by atoms with E-state index >= 15 is 0 Å². The number of anilines is 2. The van der Waals surface area contributed by atoms with Gasteiger partial charge in [-0.1, -0.05) is 6.07 Å². The monoisotopic (exact) mass is 480 g/mol. The summed E-state index contributed by atoms with van der Waals surface area (Å²) >= 11 is 1.04. The molecule has 7 nitrogen and oxygen atoms in total. The van der Waals surface area contributed by atoms with Crippen LogP contribution in [0, 0.1) is 0 Å². The van der Waals surface area contributed by atoms with Crippen LogP contribution in [0.4, 0.5) is 24.0 Å². The van der Waals surface area contributed by atoms with Gasteiger partial charge in [-0.2, -0.15) is 13.2 Å². The van der Waals surface area contributed by atoms with Crippen molar-refractivity contribution in [3.8, 4) is 11.5 Å². The van der Waals surface area contributed by atoms with Gasteiger partial charge in [0.25, 0.3) is 0 Å². The number of carbonyl (C=O) groups excluding carboxylic acids is 2. The molecular weight excluding hydrogens is 461 g/mol. The second-order valence-corrected chi connectivity index (χ2v) is 7.49. The standard InChI is InChI=1S/C22H19F3N2O5S/c1-14(28)27(17-5-3-4-15(10-17)22(23,24)25)21-26-16(13-33-21)11-32-20(29)12-31-19-8-6-18(30-2)7-9-19/h3-10,13H,11-12H2,1-2H3. The number of halogens is 3. The predicted octanol–water partition coefficient (Wildman–Crippen LogP) is 4.98. The van der Waals surface area contributed by atoms with Crippen molar-refractivity contribution in [2.75, 3.05) is 18.6 Å². The van der Waals surface area contributed by atoms with E-state index in [2.05, 4.69) is 4.98 Å². The number of hydrogen-bond donors (Lipinski definition) is 0. The lowest BCUT2D eigenvalue weighted by molar-refractivity contribution is -0.147. The number of thiazole rings is 1. The van der Waals surface area contributed by atoms with Gasteiger partial charge >= 0.3 is 12.1 Å². The lowest BCUT2D eigenvalue weighted by Crippen LogP contribution is -2.23. The number of hydrogen-bond acceptors (Lipinski definition) is 7. The Morgan fingerprint density at radius 3 is 2.42 bits per heavy atom. The van der Waals surface area contributed by atoms with Gasteiger partial charge in [-0.25, -0.2) is 9.78 Å². The van der Waals surface area contributed by atoms with Crippen molar-refractivity contribution in [1.29, 1.82) is 0 Å². The maximum absolute atomic E-state index is 13.0. The number of benzene rings is 2. The highest BCUT2D eigenvalue weighted by atomic mass is 32.1. The number of ether oxygens (including phenoxy) is 3. The van der Waals surface area contributed by atoms with Gasteiger partial charge in [0, 0.05) is 12.3 Å². The molecule has 174 valence electrons. The Labute approximate surface area is 191 Å². The lowest BCUT2D eigenvalue weighted by atomic mass is 10.2. The molecule has 1 heterocycles. The minimum atomic E-state index is -4.55. The zero-order valence-electron chi connectivity index (χ0n) is 17.6. The van der Waals surface area contributed by atoms with E-state index < -0.39 is 23.6 Å². The van der Waals surface area contributed by atoms with Crippen LogP contribution in [0.15, 0.2) is 53.9 Å². The molecule has 0 aliphatic heterocycles. The third-order valence-corrected chi connectivity index (χ3v) is 5.15. The van der Waals surface area contributed by atoms with Gasteiger partial charge in [0.1, 0.15) is 18.1 Å². The molecule has 0 radical (unpaired) electrons. The van der Waals surface area contributed by atoms with Gasteiger partial charge in [-0.05, 0) is 42.5 Å². The van der Waals surface area contributed by atoms with Crippen LogP contribution < -0.4 is 14.4 Å². The van der Waals surface area contributed by atoms with Crippen LogP contribution in [0.1, 0.15) is 18.2 Å². The summed E-state index contributed by atoms with van der Waals surface area (Å²) in [4.78, 5) is 29.4. The second kappa shape index (κ2) is 10.3. The van der Waals surface area contributed by atoms with Crippen LogP contribution in [0.5, 0.6) is 11.5 Å². The van der Waals surface area contributed by atoms with Gasteiger partial charge < -0.3 is 14.2 Å². The van der Waals surface area contributed by atoms with Gasteiger partial charge in [-0.3, -0.25) is 9.69 Å². The SMILES string of the molecule is COc1ccc(OCC(=O)OCc2csc(N(C(C)=O)c3cccc(C(F)(F)F)c3)n2)cc1. The van der Waals surface area contributed by atoms with E-state index in [1.165, 1.54) is 26.2 Å². The van der Waals surface area contributed by atoms with Crippen LogP contribution >= 0.6 is 11.3 Å². The Hall–Kier alpha value is -3.60. The summed E-state index contributed by atoms with van der Waals surface area (Å²) in [7, 11) is 1.53. The highest BCUT2D eigenvalue weighted by Gasteiger charge is 2.31. The zero-order valence-corrected chi connectivity index (χ0v) is 18.4. The second-order valence-electron chi connectivity index (χ2n) is 6.65. The van der Waals surface area contributed by atoms with E-state index in [1.54, 1.807) is 29.6 Å². The first-order chi connectivity index (χ1) is 15.7. The van der Waals surface area contributed by atoms with E-state index in [4.69, 9.17) is 14.2 Å². The maximum atomic E-state index is 13.0. The zero-order chi connectivity index (χ0) is 24.0. The summed E-state index contributed by atoms with van der Waals surface area (Å²) in [5.74, 6) is -0.0438. The number of amides is 1. The van der Waals surface area contributed by atoms with Crippen LogP contribution in [0.3, 0.4) is 0 Å². The lowest BCUT2D eigenvalue weighted by Gasteiger charge is -2.19. The normalized spacial score (nSPS) is 11.1. The van der Waals surface area contributed by atoms with Crippen LogP contribution in [-0.4, -0.2) is 30.6 Å². The predicted molar refractivity (Wildman–Crippen MR) is 115 cm³/mol. The number of rotatable bonds is 8. The van der Waals surface area contributed by atoms with Crippen LogP contribution in [0.2, 0.25) is 0 Å². The summed E-state index contributed by atoms with van der Waals surface area (Å²) in [6.45, 7) is 0.709. The Bertz CT molecular complexity index is 1120. The van der Waals surface area contributed by atoms with Crippen molar-refractivity contribution < 1.29 is 37.0 Å². The van der Waals surface area contributed by atoms with Crippen molar-refractivity contribution in [3.05, 3.63) is 65.2 Å². The molecule has 3 aromatic rings. The van der Waals surface area contributed by atoms with Crippen molar-refractivity contribution in [3.63, 3.8) is 0 Å². The van der Waals surface area contributed by atoms with Crippen molar-refractivity contribution in [2.24, 2.45) is 0 Å². The number of carbonyl (C=O) groups is 2. The fraction of sp³-hybridized carbons (Fsp3) is 0.227. The molecule has 0 bridgehead atoms. The molecule has 0 spiro atoms. The summed E-state index contributed by atoms with van der Waals surface area (Å²) in [5.41, 5.74) is -0.511. The van der Waals surface area contributed by atoms with E-state index in [1.807, 2.05) is 0 Å². The molecule has 0 fully saturated rings. The first-order valence-electron chi connectivity index (χ1n) is 9.52. The van der Waals surface area contributed by atoms with Crippen molar-refractivity contribution >= 4 is 34.0 Å². The summed E-state index contributed by atoms with van der Waals surface area (Å²) < 4.78 is 54.6. The van der Waals surface area contributed by atoms with E-state index in [9.17, 15) is 22.8 Å². The maximum Gasteiger partial charge on any atom is 0.416 e. The van der Waals surface area contributed by atoms with Gasteiger partial charge in [0.05, 0.1) is 24.1 Å². The Morgan fingerprint density at radius 2 is 1.79 bits per heavy atom. The molecule has 1 amide bonds. The number of alkyl halides is 3. The highest BCUT2D eigenvalue weighted by Crippen LogP contribution is 2.35. The molecule has 0 unspecified atom stereocenters. The smallest absolute Gasteiger partial charge is 0.416 e. The summed E-state index contributed by atoms with van der Waals surface area (Å²) in [5, 5.41) is 1.71. The molecule has 0 atom stereocenters. The van der Waals surface area contributed by atoms with E-state index in [0.717, 1.165) is 28.4 Å². The van der Waals surface area contributed by atoms with E-state index in [0.29, 0.717) is 17.2 Å². The van der Waals surface area contributed by atoms with Gasteiger partial charge in [0.2, 0.25) is 5.91 Å². The van der Waals surface area contributed by atoms with Gasteiger partial charge in [0.15, 0.2) is 11.7 Å². The van der Waals surface area contributed by atoms with Crippen molar-refractivity contribution in [2.45, 2.75) is 19.7 Å². The molecular formula is C22H19F3N2O5S. The summed E-state index contributed by atoms with van der Waals surface area (Å²) in [6.07, 6.45) is -4.55. The Balaban J connectivity index is 1.61. The molecule has 0 N–H and O–H groups in total. The number of nitrogens with zero attached hydrogens (tertiary/aromatic N) is 2. The first kappa shape index (κ1) is 24.1. The van der Waals surface area contributed by atoms with E-state index in [-0.39, 0.29) is 24.0 Å². The Morgan fingerprint density at radius 1 is 1.09 bits per heavy atom. The molecule has 0 aliphatic carbocycles. The Kier molecular flexibility index (Phi) is 7.54. The molecule has 11 heteroatoms. The third-order valence-electron chi connectivity index (χ3n) is 4.27. The summed E-state index contributed by atoms with van der Waals surface area (Å²) in [6, 6.07) is 11.0. The topological polar surface area (TPSA) is 78.0 Å². The average molecular weight is 480 g/mol. The molecule has 3 rings (SSSR count). The van der Waals surface area contributed by atoms with Crippen molar-refractivity contribution in [1.82, 2.24) is 4.98 Å². The molecule has 0 saturated heterocycles. The largest absolute Gasteiger partial charge is 0.497 e. The molecule has 33 heavy (non-hydrogen) atoms. The molecule has 0 aliphatic rings. The minimum absolute atomic E-state index is 0.0307. The molecule has 1 aromatic heterocycles. The minimum Gasteiger partial charge on any atom is -0.497 e. The fourth-order valence-electron chi connectivity index (χ4n) is 2.72. The number of aromatic nitrogens is 1. The quantitative estimate of drug-likeness (QED) is 0.424. The average Bonchev–Trinajstić information content (AvgIpc) is 3.24. The molecule has 2 aromatic carbocycles. The van der Waals surface area contributed by atoms with Crippen LogP contribution in [-0.2, 0) is 27.1 Å². The third kappa shape index (κ3) is 6.45. The highest BCUT2D eigenvalue weighted by molar-refractivity contribution is 7.14. The molecule has 0 saturated carbocycles. The first-order valence-corrected chi connectivity index (χ1v) is 10.4. The number of esters is 1. The fourth-order valence-corrected chi connectivity index (χ4v) is 3.60. The van der Waals surface area contributed by atoms with Gasteiger partial charge in [-0.15, -0.1) is 11.3 Å². The number of methoxy groups -OCH3 is 1. The van der Waals surface area contributed by atoms with Crippen LogP contribution in [0.25, 0.3) is 0 Å².